The quantitative estimate of drug-likeness (QED) is 0.259. The predicted octanol–water partition coefficient (Wildman–Crippen LogP) is 4.71. The second-order valence-corrected chi connectivity index (χ2v) is 8.30. The van der Waals surface area contributed by atoms with Gasteiger partial charge in [0.25, 0.3) is 0 Å². The van der Waals surface area contributed by atoms with E-state index in [1.807, 2.05) is 36.1 Å². The van der Waals surface area contributed by atoms with Crippen LogP contribution < -0.4 is 15.4 Å². The number of ether oxygens (including phenoxy) is 1. The average molecular weight is 565 g/mol. The summed E-state index contributed by atoms with van der Waals surface area (Å²) in [5, 5.41) is 7.50. The van der Waals surface area contributed by atoms with Gasteiger partial charge in [-0.3, -0.25) is 4.79 Å². The molecule has 0 spiro atoms. The average Bonchev–Trinajstić information content (AvgIpc) is 2.73. The molecule has 1 unspecified atom stereocenters. The first-order chi connectivity index (χ1) is 14.5. The van der Waals surface area contributed by atoms with Crippen LogP contribution in [-0.4, -0.2) is 55.1 Å². The van der Waals surface area contributed by atoms with Gasteiger partial charge in [-0.05, 0) is 57.7 Å². The Morgan fingerprint density at radius 3 is 2.52 bits per heavy atom. The lowest BCUT2D eigenvalue weighted by Crippen LogP contribution is -2.50. The minimum absolute atomic E-state index is 0. The summed E-state index contributed by atoms with van der Waals surface area (Å²) in [6, 6.07) is 7.72. The van der Waals surface area contributed by atoms with Crippen LogP contribution in [0.3, 0.4) is 0 Å². The number of hydrogen-bond acceptors (Lipinski definition) is 3. The van der Waals surface area contributed by atoms with Crippen molar-refractivity contribution in [1.29, 1.82) is 0 Å². The number of carbonyl (C=O) groups is 1. The number of nitrogens with one attached hydrogen (secondary N) is 2. The van der Waals surface area contributed by atoms with Crippen LogP contribution in [-0.2, 0) is 4.79 Å². The number of aliphatic imine (C=N–C) groups is 1. The maximum Gasteiger partial charge on any atom is 0.225 e. The molecular formula is C23H38ClIN4O2. The molecule has 176 valence electrons. The molecule has 31 heavy (non-hydrogen) atoms. The van der Waals surface area contributed by atoms with Crippen LogP contribution in [0.25, 0.3) is 0 Å². The van der Waals surface area contributed by atoms with E-state index in [4.69, 9.17) is 21.3 Å². The smallest absolute Gasteiger partial charge is 0.225 e. The summed E-state index contributed by atoms with van der Waals surface area (Å²) in [6.07, 6.45) is 3.63. The highest BCUT2D eigenvalue weighted by atomic mass is 127. The minimum atomic E-state index is -0.0709. The highest BCUT2D eigenvalue weighted by molar-refractivity contribution is 14.0. The van der Waals surface area contributed by atoms with Gasteiger partial charge in [0.05, 0.1) is 6.54 Å². The van der Waals surface area contributed by atoms with Crippen LogP contribution in [0, 0.1) is 5.92 Å². The Bertz CT molecular complexity index is 692. The van der Waals surface area contributed by atoms with E-state index in [0.29, 0.717) is 23.5 Å². The van der Waals surface area contributed by atoms with Gasteiger partial charge in [-0.15, -0.1) is 24.0 Å². The van der Waals surface area contributed by atoms with E-state index in [-0.39, 0.29) is 36.0 Å². The molecule has 2 rings (SSSR count). The van der Waals surface area contributed by atoms with Crippen LogP contribution in [0.1, 0.15) is 53.4 Å². The fraction of sp³-hybridized carbons (Fsp3) is 0.652. The predicted molar refractivity (Wildman–Crippen MR) is 140 cm³/mol. The lowest BCUT2D eigenvalue weighted by Gasteiger charge is -2.35. The third-order valence-electron chi connectivity index (χ3n) is 5.47. The minimum Gasteiger partial charge on any atom is -0.489 e. The summed E-state index contributed by atoms with van der Waals surface area (Å²) in [6.45, 7) is 11.2. The van der Waals surface area contributed by atoms with E-state index < -0.39 is 0 Å². The number of benzene rings is 1. The number of piperidine rings is 1. The van der Waals surface area contributed by atoms with E-state index in [1.54, 1.807) is 0 Å². The normalized spacial score (nSPS) is 15.9. The summed E-state index contributed by atoms with van der Waals surface area (Å²) >= 11 is 6.02. The van der Waals surface area contributed by atoms with Crippen LogP contribution in [0.2, 0.25) is 5.02 Å². The van der Waals surface area contributed by atoms with Crippen molar-refractivity contribution in [2.45, 2.75) is 65.5 Å². The number of likely N-dealkylation sites (tertiary alicyclic amines) is 1. The molecule has 8 heteroatoms. The molecule has 2 N–H and O–H groups in total. The second kappa shape index (κ2) is 14.8. The maximum atomic E-state index is 12.6. The van der Waals surface area contributed by atoms with Gasteiger partial charge in [-0.25, -0.2) is 4.99 Å². The second-order valence-electron chi connectivity index (χ2n) is 7.86. The van der Waals surface area contributed by atoms with Crippen LogP contribution in [0.15, 0.2) is 29.3 Å². The molecule has 1 fully saturated rings. The Morgan fingerprint density at radius 2 is 1.94 bits per heavy atom. The molecule has 1 atom stereocenters. The molecule has 0 aromatic heterocycles. The summed E-state index contributed by atoms with van der Waals surface area (Å²) in [7, 11) is 0. The molecule has 0 aliphatic carbocycles. The standard InChI is InChI=1S/C23H37ClN4O2.HI/c1-5-18(6-2)22(29)28-13-11-20(12-14-28)27-23(25-7-3)26-16-17(4)30-21-10-8-9-19(24)15-21;/h8-10,15,17-18,20H,5-7,11-14,16H2,1-4H3,(H2,25,26,27);1H. The molecular weight excluding hydrogens is 527 g/mol. The molecule has 1 aromatic carbocycles. The number of hydrogen-bond donors (Lipinski definition) is 2. The summed E-state index contributed by atoms with van der Waals surface area (Å²) in [5.74, 6) is 2.02. The number of rotatable bonds is 9. The lowest BCUT2D eigenvalue weighted by atomic mass is 9.98. The zero-order chi connectivity index (χ0) is 21.9. The Labute approximate surface area is 209 Å². The SMILES string of the molecule is CCNC(=NCC(C)Oc1cccc(Cl)c1)NC1CCN(C(=O)C(CC)CC)CC1.I. The zero-order valence-electron chi connectivity index (χ0n) is 19.2. The third kappa shape index (κ3) is 9.43. The lowest BCUT2D eigenvalue weighted by molar-refractivity contribution is -0.136. The van der Waals surface area contributed by atoms with Crippen molar-refractivity contribution in [3.8, 4) is 5.75 Å². The van der Waals surface area contributed by atoms with Crippen LogP contribution in [0.4, 0.5) is 0 Å². The summed E-state index contributed by atoms with van der Waals surface area (Å²) in [4.78, 5) is 19.3. The molecule has 1 aliphatic heterocycles. The highest BCUT2D eigenvalue weighted by Crippen LogP contribution is 2.19. The van der Waals surface area contributed by atoms with E-state index >= 15 is 0 Å². The molecule has 1 saturated heterocycles. The third-order valence-corrected chi connectivity index (χ3v) is 5.70. The van der Waals surface area contributed by atoms with Crippen molar-refractivity contribution in [2.75, 3.05) is 26.2 Å². The molecule has 0 saturated carbocycles. The zero-order valence-corrected chi connectivity index (χ0v) is 22.3. The molecule has 0 radical (unpaired) electrons. The van der Waals surface area contributed by atoms with Gasteiger partial charge in [-0.2, -0.15) is 0 Å². The first-order valence-corrected chi connectivity index (χ1v) is 11.6. The van der Waals surface area contributed by atoms with Gasteiger partial charge in [0, 0.05) is 36.6 Å². The Balaban J connectivity index is 0.00000480. The Morgan fingerprint density at radius 1 is 1.26 bits per heavy atom. The molecule has 6 nitrogen and oxygen atoms in total. The summed E-state index contributed by atoms with van der Waals surface area (Å²) < 4.78 is 5.91. The number of nitrogens with zero attached hydrogens (tertiary/aromatic N) is 2. The number of guanidine groups is 1. The van der Waals surface area contributed by atoms with Gasteiger partial charge in [-0.1, -0.05) is 31.5 Å². The largest absolute Gasteiger partial charge is 0.489 e. The molecule has 1 aliphatic rings. The van der Waals surface area contributed by atoms with Gasteiger partial charge in [0.1, 0.15) is 11.9 Å². The van der Waals surface area contributed by atoms with E-state index in [2.05, 4.69) is 31.4 Å². The number of halogens is 2. The van der Waals surface area contributed by atoms with Gasteiger partial charge >= 0.3 is 0 Å². The fourth-order valence-electron chi connectivity index (χ4n) is 3.68. The highest BCUT2D eigenvalue weighted by Gasteiger charge is 2.26. The van der Waals surface area contributed by atoms with Crippen molar-refractivity contribution in [1.82, 2.24) is 15.5 Å². The van der Waals surface area contributed by atoms with Gasteiger partial charge < -0.3 is 20.3 Å². The van der Waals surface area contributed by atoms with Crippen molar-refractivity contribution in [3.05, 3.63) is 29.3 Å². The van der Waals surface area contributed by atoms with Crippen molar-refractivity contribution in [2.24, 2.45) is 10.9 Å². The molecule has 0 bridgehead atoms. The number of carbonyl (C=O) groups excluding carboxylic acids is 1. The molecule has 1 heterocycles. The van der Waals surface area contributed by atoms with Crippen LogP contribution >= 0.6 is 35.6 Å². The summed E-state index contributed by atoms with van der Waals surface area (Å²) in [5.41, 5.74) is 0. The van der Waals surface area contributed by atoms with Crippen LogP contribution in [0.5, 0.6) is 5.75 Å². The number of amides is 1. The molecule has 1 aromatic rings. The first-order valence-electron chi connectivity index (χ1n) is 11.2. The van der Waals surface area contributed by atoms with E-state index in [0.717, 1.165) is 57.0 Å². The first kappa shape index (κ1) is 27.8. The van der Waals surface area contributed by atoms with Gasteiger partial charge in [0.15, 0.2) is 5.96 Å². The topological polar surface area (TPSA) is 66.0 Å². The maximum absolute atomic E-state index is 12.6. The van der Waals surface area contributed by atoms with Gasteiger partial charge in [0.2, 0.25) is 5.91 Å². The Hall–Kier alpha value is -1.22. The van der Waals surface area contributed by atoms with Crippen molar-refractivity contribution >= 4 is 47.4 Å². The van der Waals surface area contributed by atoms with Crippen molar-refractivity contribution in [3.63, 3.8) is 0 Å². The fourth-order valence-corrected chi connectivity index (χ4v) is 3.86. The Kier molecular flexibility index (Phi) is 13.3. The monoisotopic (exact) mass is 564 g/mol. The van der Waals surface area contributed by atoms with E-state index in [9.17, 15) is 4.79 Å². The van der Waals surface area contributed by atoms with Crippen molar-refractivity contribution < 1.29 is 9.53 Å². The van der Waals surface area contributed by atoms with E-state index in [1.165, 1.54) is 0 Å². The molecule has 1 amide bonds.